The van der Waals surface area contributed by atoms with Gasteiger partial charge in [0.2, 0.25) is 5.91 Å². The average Bonchev–Trinajstić information content (AvgIpc) is 3.18. The van der Waals surface area contributed by atoms with Gasteiger partial charge in [0, 0.05) is 19.6 Å². The van der Waals surface area contributed by atoms with Crippen molar-refractivity contribution >= 4 is 17.7 Å². The van der Waals surface area contributed by atoms with E-state index in [9.17, 15) is 4.79 Å². The van der Waals surface area contributed by atoms with Crippen LogP contribution in [0.1, 0.15) is 28.6 Å². The van der Waals surface area contributed by atoms with Gasteiger partial charge < -0.3 is 14.6 Å². The average molecular weight is 466 g/mol. The molecule has 2 heterocycles. The van der Waals surface area contributed by atoms with Gasteiger partial charge in [0.25, 0.3) is 0 Å². The number of rotatable bonds is 9. The summed E-state index contributed by atoms with van der Waals surface area (Å²) in [7, 11) is 0. The molecule has 8 heteroatoms. The van der Waals surface area contributed by atoms with Crippen molar-refractivity contribution in [3.63, 3.8) is 0 Å². The number of morpholine rings is 1. The number of hydrogen-bond acceptors (Lipinski definition) is 6. The van der Waals surface area contributed by atoms with Crippen molar-refractivity contribution in [2.75, 3.05) is 38.6 Å². The number of aryl methyl sites for hydroxylation is 2. The fourth-order valence-electron chi connectivity index (χ4n) is 3.86. The van der Waals surface area contributed by atoms with Crippen LogP contribution in [0.5, 0.6) is 0 Å². The van der Waals surface area contributed by atoms with Crippen LogP contribution in [0.2, 0.25) is 0 Å². The second kappa shape index (κ2) is 11.4. The minimum atomic E-state index is -0.0688. The van der Waals surface area contributed by atoms with Crippen molar-refractivity contribution in [2.45, 2.75) is 31.6 Å². The predicted molar refractivity (Wildman–Crippen MR) is 130 cm³/mol. The summed E-state index contributed by atoms with van der Waals surface area (Å²) in [6.45, 7) is 8.71. The Morgan fingerprint density at radius 1 is 1.06 bits per heavy atom. The summed E-state index contributed by atoms with van der Waals surface area (Å²) in [6.07, 6.45) is 0. The molecule has 7 nitrogen and oxygen atoms in total. The van der Waals surface area contributed by atoms with E-state index in [4.69, 9.17) is 4.74 Å². The summed E-state index contributed by atoms with van der Waals surface area (Å²) in [5.74, 6) is 1.12. The maximum Gasteiger partial charge on any atom is 0.231 e. The van der Waals surface area contributed by atoms with Gasteiger partial charge in [-0.25, -0.2) is 0 Å². The first-order valence-corrected chi connectivity index (χ1v) is 12.3. The normalized spacial score (nSPS) is 15.3. The van der Waals surface area contributed by atoms with E-state index in [0.29, 0.717) is 12.3 Å². The van der Waals surface area contributed by atoms with Gasteiger partial charge in [-0.1, -0.05) is 71.9 Å². The second-order valence-electron chi connectivity index (χ2n) is 8.33. The Bertz CT molecular complexity index is 1030. The molecule has 0 spiro atoms. The van der Waals surface area contributed by atoms with Crippen molar-refractivity contribution in [1.82, 2.24) is 25.0 Å². The molecule has 0 saturated carbocycles. The summed E-state index contributed by atoms with van der Waals surface area (Å²) >= 11 is 1.42. The van der Waals surface area contributed by atoms with Gasteiger partial charge in [0.1, 0.15) is 5.82 Å². The van der Waals surface area contributed by atoms with Crippen LogP contribution in [-0.4, -0.2) is 64.2 Å². The van der Waals surface area contributed by atoms with Crippen LogP contribution in [0, 0.1) is 13.8 Å². The van der Waals surface area contributed by atoms with Crippen LogP contribution >= 0.6 is 11.8 Å². The van der Waals surface area contributed by atoms with Gasteiger partial charge in [0.15, 0.2) is 5.16 Å². The number of nitrogens with zero attached hydrogens (tertiary/aromatic N) is 4. The van der Waals surface area contributed by atoms with Crippen molar-refractivity contribution in [2.24, 2.45) is 0 Å². The Labute approximate surface area is 199 Å². The van der Waals surface area contributed by atoms with Crippen molar-refractivity contribution < 1.29 is 9.53 Å². The molecule has 0 radical (unpaired) electrons. The maximum absolute atomic E-state index is 13.0. The van der Waals surface area contributed by atoms with Crippen LogP contribution < -0.4 is 5.32 Å². The highest BCUT2D eigenvalue weighted by atomic mass is 32.2. The van der Waals surface area contributed by atoms with Gasteiger partial charge in [-0.3, -0.25) is 9.69 Å². The number of carbonyl (C=O) groups excluding carboxylic acids is 1. The molecule has 1 aliphatic heterocycles. The third-order valence-corrected chi connectivity index (χ3v) is 6.74. The van der Waals surface area contributed by atoms with Crippen molar-refractivity contribution in [3.8, 4) is 0 Å². The smallest absolute Gasteiger partial charge is 0.231 e. The molecule has 3 aromatic rings. The summed E-state index contributed by atoms with van der Waals surface area (Å²) < 4.78 is 7.53. The molecule has 1 saturated heterocycles. The lowest BCUT2D eigenvalue weighted by Crippen LogP contribution is -2.43. The number of thioether (sulfide) groups is 1. The summed E-state index contributed by atoms with van der Waals surface area (Å²) in [5, 5.41) is 12.5. The van der Waals surface area contributed by atoms with E-state index in [0.717, 1.165) is 49.4 Å². The first-order valence-electron chi connectivity index (χ1n) is 11.3. The lowest BCUT2D eigenvalue weighted by atomic mass is 10.0. The van der Waals surface area contributed by atoms with E-state index >= 15 is 0 Å². The molecule has 1 fully saturated rings. The van der Waals surface area contributed by atoms with E-state index in [1.54, 1.807) is 0 Å². The molecule has 33 heavy (non-hydrogen) atoms. The molecule has 1 aliphatic rings. The molecule has 1 aromatic heterocycles. The molecule has 2 aromatic carbocycles. The lowest BCUT2D eigenvalue weighted by Gasteiger charge is -2.31. The van der Waals surface area contributed by atoms with E-state index in [1.807, 2.05) is 25.1 Å². The monoisotopic (exact) mass is 465 g/mol. The fraction of sp³-hybridized carbons (Fsp3) is 0.400. The molecular weight excluding hydrogens is 434 g/mol. The molecule has 1 atom stereocenters. The standard InChI is InChI=1S/C25H31N5O2S/c1-19-8-10-22(11-9-19)23(17-29-12-14-32-15-13-29)26-24(31)18-33-25-28-27-20(2)30(25)16-21-6-4-3-5-7-21/h3-11,23H,12-18H2,1-2H3,(H,26,31)/t23-/m0/s1. The summed E-state index contributed by atoms with van der Waals surface area (Å²) in [6, 6.07) is 18.5. The number of benzene rings is 2. The zero-order valence-corrected chi connectivity index (χ0v) is 20.1. The van der Waals surface area contributed by atoms with Crippen LogP contribution in [0.3, 0.4) is 0 Å². The van der Waals surface area contributed by atoms with Gasteiger partial charge in [0.05, 0.1) is 31.6 Å². The maximum atomic E-state index is 13.0. The van der Waals surface area contributed by atoms with Crippen LogP contribution in [0.15, 0.2) is 59.8 Å². The highest BCUT2D eigenvalue weighted by Gasteiger charge is 2.21. The predicted octanol–water partition coefficient (Wildman–Crippen LogP) is 3.23. The van der Waals surface area contributed by atoms with E-state index in [2.05, 4.69) is 68.3 Å². The highest BCUT2D eigenvalue weighted by Crippen LogP contribution is 2.20. The van der Waals surface area contributed by atoms with Crippen LogP contribution in [-0.2, 0) is 16.1 Å². The number of hydrogen-bond donors (Lipinski definition) is 1. The number of amides is 1. The molecule has 174 valence electrons. The molecule has 1 N–H and O–H groups in total. The third-order valence-electron chi connectivity index (χ3n) is 5.78. The Hall–Kier alpha value is -2.68. The SMILES string of the molecule is Cc1ccc([C@H](CN2CCOCC2)NC(=O)CSc2nnc(C)n2Cc2ccccc2)cc1. The number of carbonyl (C=O) groups is 1. The molecule has 0 aliphatic carbocycles. The molecule has 0 bridgehead atoms. The largest absolute Gasteiger partial charge is 0.379 e. The highest BCUT2D eigenvalue weighted by molar-refractivity contribution is 7.99. The minimum absolute atomic E-state index is 0.00857. The van der Waals surface area contributed by atoms with Crippen LogP contribution in [0.4, 0.5) is 0 Å². The van der Waals surface area contributed by atoms with Crippen molar-refractivity contribution in [1.29, 1.82) is 0 Å². The second-order valence-corrected chi connectivity index (χ2v) is 9.28. The van der Waals surface area contributed by atoms with Gasteiger partial charge in [-0.05, 0) is 25.0 Å². The number of ether oxygens (including phenoxy) is 1. The fourth-order valence-corrected chi connectivity index (χ4v) is 4.65. The van der Waals surface area contributed by atoms with E-state index in [1.165, 1.54) is 22.9 Å². The minimum Gasteiger partial charge on any atom is -0.379 e. The Morgan fingerprint density at radius 3 is 2.52 bits per heavy atom. The lowest BCUT2D eigenvalue weighted by molar-refractivity contribution is -0.119. The van der Waals surface area contributed by atoms with E-state index in [-0.39, 0.29) is 11.9 Å². The number of nitrogens with one attached hydrogen (secondary N) is 1. The van der Waals surface area contributed by atoms with Crippen LogP contribution in [0.25, 0.3) is 0 Å². The van der Waals surface area contributed by atoms with Gasteiger partial charge in [-0.2, -0.15) is 0 Å². The molecule has 0 unspecified atom stereocenters. The molecule has 4 rings (SSSR count). The Morgan fingerprint density at radius 2 is 1.79 bits per heavy atom. The summed E-state index contributed by atoms with van der Waals surface area (Å²) in [4.78, 5) is 15.3. The summed E-state index contributed by atoms with van der Waals surface area (Å²) in [5.41, 5.74) is 3.50. The topological polar surface area (TPSA) is 72.3 Å². The Kier molecular flexibility index (Phi) is 8.15. The molecule has 1 amide bonds. The van der Waals surface area contributed by atoms with Crippen molar-refractivity contribution in [3.05, 3.63) is 77.1 Å². The first kappa shape index (κ1) is 23.5. The number of aromatic nitrogens is 3. The molecular formula is C25H31N5O2S. The zero-order chi connectivity index (χ0) is 23.0. The zero-order valence-electron chi connectivity index (χ0n) is 19.2. The van der Waals surface area contributed by atoms with Gasteiger partial charge >= 0.3 is 0 Å². The first-order chi connectivity index (χ1) is 16.1. The Balaban J connectivity index is 1.40. The quantitative estimate of drug-likeness (QED) is 0.489. The van der Waals surface area contributed by atoms with E-state index < -0.39 is 0 Å². The third kappa shape index (κ3) is 6.66. The van der Waals surface area contributed by atoms with Gasteiger partial charge in [-0.15, -0.1) is 10.2 Å².